The minimum absolute atomic E-state index is 0.130. The molecule has 2 heterocycles. The number of alkyl carbamates (subject to hydrolysis) is 1. The van der Waals surface area contributed by atoms with Crippen molar-refractivity contribution in [2.75, 3.05) is 6.61 Å². The first-order valence-electron chi connectivity index (χ1n) is 6.78. The maximum atomic E-state index is 12.5. The van der Waals surface area contributed by atoms with Gasteiger partial charge in [0.25, 0.3) is 5.89 Å². The summed E-state index contributed by atoms with van der Waals surface area (Å²) < 4.78 is 34.5. The molecule has 0 radical (unpaired) electrons. The van der Waals surface area contributed by atoms with Gasteiger partial charge in [-0.3, -0.25) is 0 Å². The first kappa shape index (κ1) is 13.2. The van der Waals surface area contributed by atoms with Crippen molar-refractivity contribution in [3.63, 3.8) is 0 Å². The predicted molar refractivity (Wildman–Crippen MR) is 69.2 cm³/mol. The number of amides is 1. The van der Waals surface area contributed by atoms with Gasteiger partial charge in [-0.15, -0.1) is 0 Å². The molecule has 1 aromatic heterocycles. The predicted octanol–water partition coefficient (Wildman–Crippen LogP) is 2.56. The van der Waals surface area contributed by atoms with Crippen LogP contribution in [0.4, 0.5) is 13.6 Å². The van der Waals surface area contributed by atoms with Crippen molar-refractivity contribution in [1.29, 1.82) is 0 Å². The number of nitrogens with one attached hydrogen (secondary N) is 1. The summed E-state index contributed by atoms with van der Waals surface area (Å²) in [5.74, 6) is -0.561. The van der Waals surface area contributed by atoms with Crippen LogP contribution in [0.5, 0.6) is 0 Å². The quantitative estimate of drug-likeness (QED) is 0.922. The van der Waals surface area contributed by atoms with Crippen molar-refractivity contribution in [2.45, 2.75) is 24.8 Å². The average Bonchev–Trinajstić information content (AvgIpc) is 3.19. The number of ether oxygens (including phenoxy) is 1. The summed E-state index contributed by atoms with van der Waals surface area (Å²) in [6.45, 7) is 0.302. The lowest BCUT2D eigenvalue weighted by molar-refractivity contribution is 0.106. The van der Waals surface area contributed by atoms with Gasteiger partial charge in [-0.05, 0) is 30.0 Å². The number of nitrogens with zero attached hydrogens (tertiary/aromatic N) is 2. The van der Waals surface area contributed by atoms with E-state index >= 15 is 0 Å². The number of carbonyl (C=O) groups is 1. The van der Waals surface area contributed by atoms with E-state index in [2.05, 4.69) is 20.0 Å². The highest BCUT2D eigenvalue weighted by Gasteiger charge is 2.45. The lowest BCUT2D eigenvalue weighted by atomic mass is 9.93. The second-order valence-electron chi connectivity index (χ2n) is 5.41. The summed E-state index contributed by atoms with van der Waals surface area (Å²) in [5, 5.41) is 6.43. The van der Waals surface area contributed by atoms with Crippen molar-refractivity contribution in [3.8, 4) is 11.4 Å². The lowest BCUT2D eigenvalue weighted by Gasteiger charge is -2.21. The van der Waals surface area contributed by atoms with E-state index < -0.39 is 23.9 Å². The zero-order chi connectivity index (χ0) is 15.3. The Morgan fingerprint density at radius 2 is 2.23 bits per heavy atom. The smallest absolute Gasteiger partial charge is 0.408 e. The zero-order valence-corrected chi connectivity index (χ0v) is 11.3. The number of halogens is 2. The standard InChI is InChI=1S/C14H11F2N3O3/c15-10(16)12-17-11(19-22-12)8-1-2-9-7(5-8)3-4-14(9)6-21-13(20)18-14/h1-2,5,10H,3-4,6H2,(H,18,20)/t14-/m0/s1. The van der Waals surface area contributed by atoms with Crippen LogP contribution in [0.15, 0.2) is 22.7 Å². The number of hydrogen-bond acceptors (Lipinski definition) is 5. The van der Waals surface area contributed by atoms with E-state index in [1.807, 2.05) is 12.1 Å². The van der Waals surface area contributed by atoms with Crippen LogP contribution in [0.3, 0.4) is 0 Å². The first-order chi connectivity index (χ1) is 10.6. The molecule has 114 valence electrons. The van der Waals surface area contributed by atoms with Crippen molar-refractivity contribution in [1.82, 2.24) is 15.5 Å². The van der Waals surface area contributed by atoms with E-state index in [9.17, 15) is 13.6 Å². The molecule has 2 aromatic rings. The fraction of sp³-hybridized carbons (Fsp3) is 0.357. The highest BCUT2D eigenvalue weighted by molar-refractivity contribution is 5.72. The number of alkyl halides is 2. The fourth-order valence-corrected chi connectivity index (χ4v) is 3.07. The second-order valence-corrected chi connectivity index (χ2v) is 5.41. The zero-order valence-electron chi connectivity index (χ0n) is 11.3. The van der Waals surface area contributed by atoms with Gasteiger partial charge in [0.1, 0.15) is 12.1 Å². The van der Waals surface area contributed by atoms with Gasteiger partial charge in [0, 0.05) is 5.56 Å². The Labute approximate surface area is 123 Å². The lowest BCUT2D eigenvalue weighted by Crippen LogP contribution is -2.38. The summed E-state index contributed by atoms with van der Waals surface area (Å²) in [7, 11) is 0. The minimum atomic E-state index is -2.79. The molecule has 8 heteroatoms. The molecule has 6 nitrogen and oxygen atoms in total. The number of hydrogen-bond donors (Lipinski definition) is 1. The Morgan fingerprint density at radius 1 is 1.36 bits per heavy atom. The largest absolute Gasteiger partial charge is 0.447 e. The van der Waals surface area contributed by atoms with Gasteiger partial charge < -0.3 is 14.6 Å². The van der Waals surface area contributed by atoms with Crippen LogP contribution < -0.4 is 5.32 Å². The van der Waals surface area contributed by atoms with Crippen LogP contribution in [0.2, 0.25) is 0 Å². The number of aryl methyl sites for hydroxylation is 1. The molecule has 0 saturated carbocycles. The number of aromatic nitrogens is 2. The maximum Gasteiger partial charge on any atom is 0.408 e. The molecule has 1 aromatic carbocycles. The van der Waals surface area contributed by atoms with Gasteiger partial charge in [0.2, 0.25) is 5.82 Å². The molecular weight excluding hydrogens is 296 g/mol. The van der Waals surface area contributed by atoms with E-state index in [-0.39, 0.29) is 5.82 Å². The molecule has 0 unspecified atom stereocenters. The number of rotatable bonds is 2. The molecule has 1 spiro atoms. The SMILES string of the molecule is O=C1N[C@@]2(CCc3cc(-c4noc(C(F)F)n4)ccc32)CO1. The molecule has 4 rings (SSSR count). The minimum Gasteiger partial charge on any atom is -0.447 e. The summed E-state index contributed by atoms with van der Waals surface area (Å²) in [4.78, 5) is 15.0. The highest BCUT2D eigenvalue weighted by atomic mass is 19.3. The van der Waals surface area contributed by atoms with Crippen LogP contribution in [-0.4, -0.2) is 22.8 Å². The molecule has 1 amide bonds. The van der Waals surface area contributed by atoms with Crippen LogP contribution in [0, 0.1) is 0 Å². The molecule has 0 bridgehead atoms. The van der Waals surface area contributed by atoms with Gasteiger partial charge in [-0.2, -0.15) is 13.8 Å². The Kier molecular flexibility index (Phi) is 2.69. The van der Waals surface area contributed by atoms with Gasteiger partial charge in [-0.1, -0.05) is 17.3 Å². The van der Waals surface area contributed by atoms with E-state index in [4.69, 9.17) is 4.74 Å². The first-order valence-corrected chi connectivity index (χ1v) is 6.78. The van der Waals surface area contributed by atoms with E-state index in [0.29, 0.717) is 12.2 Å². The monoisotopic (exact) mass is 307 g/mol. The Bertz CT molecular complexity index is 762. The molecule has 2 aliphatic rings. The third kappa shape index (κ3) is 1.87. The number of cyclic esters (lactones) is 1. The Hall–Kier alpha value is -2.51. The molecule has 1 atom stereocenters. The van der Waals surface area contributed by atoms with E-state index in [1.165, 1.54) is 0 Å². The molecule has 1 aliphatic carbocycles. The third-order valence-corrected chi connectivity index (χ3v) is 4.12. The topological polar surface area (TPSA) is 77.3 Å². The van der Waals surface area contributed by atoms with E-state index in [0.717, 1.165) is 24.0 Å². The summed E-state index contributed by atoms with van der Waals surface area (Å²) >= 11 is 0. The Balaban J connectivity index is 1.69. The number of benzene rings is 1. The number of fused-ring (bicyclic) bond motifs is 2. The van der Waals surface area contributed by atoms with Gasteiger partial charge in [0.05, 0.1) is 0 Å². The summed E-state index contributed by atoms with van der Waals surface area (Å²) in [6.07, 6.45) is -1.71. The highest BCUT2D eigenvalue weighted by Crippen LogP contribution is 2.40. The molecule has 1 fully saturated rings. The van der Waals surface area contributed by atoms with Crippen molar-refractivity contribution >= 4 is 6.09 Å². The molecule has 1 N–H and O–H groups in total. The van der Waals surface area contributed by atoms with Gasteiger partial charge in [0.15, 0.2) is 0 Å². The molecular formula is C14H11F2N3O3. The summed E-state index contributed by atoms with van der Waals surface area (Å²) in [5.41, 5.74) is 2.14. The molecule has 22 heavy (non-hydrogen) atoms. The second kappa shape index (κ2) is 4.49. The van der Waals surface area contributed by atoms with Gasteiger partial charge >= 0.3 is 12.5 Å². The van der Waals surface area contributed by atoms with Crippen molar-refractivity contribution in [3.05, 3.63) is 35.2 Å². The molecule has 1 aliphatic heterocycles. The maximum absolute atomic E-state index is 12.5. The van der Waals surface area contributed by atoms with E-state index in [1.54, 1.807) is 6.07 Å². The normalized spacial score (nSPS) is 23.0. The number of carbonyl (C=O) groups excluding carboxylic acids is 1. The van der Waals surface area contributed by atoms with Crippen molar-refractivity contribution < 1.29 is 22.8 Å². The average molecular weight is 307 g/mol. The van der Waals surface area contributed by atoms with Crippen LogP contribution in [-0.2, 0) is 16.7 Å². The van der Waals surface area contributed by atoms with Crippen LogP contribution in [0.25, 0.3) is 11.4 Å². The third-order valence-electron chi connectivity index (χ3n) is 4.12. The molecule has 1 saturated heterocycles. The fourth-order valence-electron chi connectivity index (χ4n) is 3.07. The Morgan fingerprint density at radius 3 is 2.91 bits per heavy atom. The van der Waals surface area contributed by atoms with Crippen LogP contribution >= 0.6 is 0 Å². The van der Waals surface area contributed by atoms with Crippen molar-refractivity contribution in [2.24, 2.45) is 0 Å². The van der Waals surface area contributed by atoms with Gasteiger partial charge in [-0.25, -0.2) is 4.79 Å². The summed E-state index contributed by atoms with van der Waals surface area (Å²) in [6, 6.07) is 5.43. The van der Waals surface area contributed by atoms with Crippen LogP contribution in [0.1, 0.15) is 29.9 Å².